The van der Waals surface area contributed by atoms with Gasteiger partial charge in [-0.15, -0.1) is 11.8 Å². The molecular formula is C25H22N2O6S. The van der Waals surface area contributed by atoms with Crippen LogP contribution in [0.2, 0.25) is 0 Å². The topological polar surface area (TPSA) is 114 Å². The molecule has 0 aliphatic carbocycles. The fourth-order valence-corrected chi connectivity index (χ4v) is 4.30. The zero-order valence-corrected chi connectivity index (χ0v) is 18.8. The number of hydrogen-bond donors (Lipinski definition) is 3. The van der Waals surface area contributed by atoms with Crippen molar-refractivity contribution in [3.8, 4) is 11.5 Å². The van der Waals surface area contributed by atoms with Crippen LogP contribution >= 0.6 is 11.8 Å². The molecule has 9 heteroatoms. The molecule has 3 aromatic carbocycles. The summed E-state index contributed by atoms with van der Waals surface area (Å²) in [5.74, 6) is -0.355. The number of anilines is 2. The molecule has 0 saturated carbocycles. The van der Waals surface area contributed by atoms with E-state index >= 15 is 0 Å². The molecule has 1 heterocycles. The van der Waals surface area contributed by atoms with Gasteiger partial charge < -0.3 is 25.2 Å². The molecule has 8 nitrogen and oxygen atoms in total. The molecule has 0 bridgehead atoms. The van der Waals surface area contributed by atoms with E-state index in [-0.39, 0.29) is 31.4 Å². The quantitative estimate of drug-likeness (QED) is 0.382. The average molecular weight is 479 g/mol. The van der Waals surface area contributed by atoms with Gasteiger partial charge in [-0.2, -0.15) is 0 Å². The van der Waals surface area contributed by atoms with Crippen LogP contribution < -0.4 is 20.1 Å². The zero-order valence-electron chi connectivity index (χ0n) is 18.0. The standard InChI is InChI=1S/C25H22N2O6S/c28-22(12-13-23(29)30)26-17-6-9-19(10-7-17)34-24(16-4-2-1-3-5-16)25(31)27-18-8-11-20-21(14-18)33-15-32-20/h1-11,14,24H,12-13,15H2,(H,26,28)(H,27,31)(H,29,30). The van der Waals surface area contributed by atoms with Gasteiger partial charge in [0.25, 0.3) is 0 Å². The highest BCUT2D eigenvalue weighted by Crippen LogP contribution is 2.38. The van der Waals surface area contributed by atoms with Crippen molar-refractivity contribution in [2.75, 3.05) is 17.4 Å². The number of benzene rings is 3. The summed E-state index contributed by atoms with van der Waals surface area (Å²) in [5.41, 5.74) is 2.01. The number of carboxylic acid groups (broad SMARTS) is 1. The molecule has 1 atom stereocenters. The lowest BCUT2D eigenvalue weighted by Crippen LogP contribution is -2.19. The van der Waals surface area contributed by atoms with Crippen LogP contribution in [0.4, 0.5) is 11.4 Å². The minimum atomic E-state index is -1.02. The van der Waals surface area contributed by atoms with E-state index in [0.29, 0.717) is 22.9 Å². The van der Waals surface area contributed by atoms with E-state index in [1.54, 1.807) is 42.5 Å². The molecule has 0 radical (unpaired) electrons. The highest BCUT2D eigenvalue weighted by molar-refractivity contribution is 8.00. The zero-order chi connectivity index (χ0) is 23.9. The van der Waals surface area contributed by atoms with Gasteiger partial charge in [-0.05, 0) is 42.0 Å². The first-order valence-corrected chi connectivity index (χ1v) is 11.4. The summed E-state index contributed by atoms with van der Waals surface area (Å²) >= 11 is 1.38. The van der Waals surface area contributed by atoms with Crippen LogP contribution in [0.5, 0.6) is 11.5 Å². The number of carbonyl (C=O) groups excluding carboxylic acids is 2. The van der Waals surface area contributed by atoms with E-state index in [9.17, 15) is 14.4 Å². The Morgan fingerprint density at radius 3 is 2.29 bits per heavy atom. The van der Waals surface area contributed by atoms with Gasteiger partial charge >= 0.3 is 5.97 Å². The average Bonchev–Trinajstić information content (AvgIpc) is 3.31. The van der Waals surface area contributed by atoms with Crippen LogP contribution in [-0.4, -0.2) is 29.7 Å². The number of aliphatic carboxylic acids is 1. The monoisotopic (exact) mass is 478 g/mol. The van der Waals surface area contributed by atoms with Crippen molar-refractivity contribution in [1.29, 1.82) is 0 Å². The number of rotatable bonds is 9. The van der Waals surface area contributed by atoms with E-state index in [1.165, 1.54) is 11.8 Å². The summed E-state index contributed by atoms with van der Waals surface area (Å²) in [7, 11) is 0. The first-order valence-electron chi connectivity index (χ1n) is 10.5. The number of nitrogens with one attached hydrogen (secondary N) is 2. The van der Waals surface area contributed by atoms with Gasteiger partial charge in [0.2, 0.25) is 18.6 Å². The molecular weight excluding hydrogens is 456 g/mol. The Morgan fingerprint density at radius 2 is 1.56 bits per heavy atom. The van der Waals surface area contributed by atoms with Crippen LogP contribution in [0, 0.1) is 0 Å². The molecule has 4 rings (SSSR count). The summed E-state index contributed by atoms with van der Waals surface area (Å²) in [6, 6.07) is 21.8. The van der Waals surface area contributed by atoms with Crippen molar-refractivity contribution in [1.82, 2.24) is 0 Å². The number of fused-ring (bicyclic) bond motifs is 1. The fraction of sp³-hybridized carbons (Fsp3) is 0.160. The fourth-order valence-electron chi connectivity index (χ4n) is 3.28. The molecule has 1 unspecified atom stereocenters. The molecule has 34 heavy (non-hydrogen) atoms. The third-order valence-electron chi connectivity index (χ3n) is 4.94. The minimum Gasteiger partial charge on any atom is -0.481 e. The van der Waals surface area contributed by atoms with E-state index in [4.69, 9.17) is 14.6 Å². The number of carbonyl (C=O) groups is 3. The number of hydrogen-bond acceptors (Lipinski definition) is 6. The van der Waals surface area contributed by atoms with E-state index < -0.39 is 11.2 Å². The number of carboxylic acids is 1. The molecule has 1 aliphatic heterocycles. The van der Waals surface area contributed by atoms with Gasteiger partial charge in [0, 0.05) is 28.8 Å². The van der Waals surface area contributed by atoms with Crippen LogP contribution in [0.25, 0.3) is 0 Å². The van der Waals surface area contributed by atoms with Crippen molar-refractivity contribution < 1.29 is 29.0 Å². The highest BCUT2D eigenvalue weighted by Gasteiger charge is 2.23. The lowest BCUT2D eigenvalue weighted by Gasteiger charge is -2.17. The summed E-state index contributed by atoms with van der Waals surface area (Å²) in [6.07, 6.45) is -0.320. The molecule has 1 aliphatic rings. The molecule has 0 aromatic heterocycles. The molecule has 2 amide bonds. The van der Waals surface area contributed by atoms with Crippen LogP contribution in [-0.2, 0) is 14.4 Å². The predicted molar refractivity (Wildman–Crippen MR) is 128 cm³/mol. The smallest absolute Gasteiger partial charge is 0.303 e. The second-order valence-electron chi connectivity index (χ2n) is 7.43. The Labute approximate surface area is 200 Å². The maximum absolute atomic E-state index is 13.2. The van der Waals surface area contributed by atoms with Crippen molar-refractivity contribution in [2.24, 2.45) is 0 Å². The van der Waals surface area contributed by atoms with Gasteiger partial charge in [-0.1, -0.05) is 30.3 Å². The number of ether oxygens (including phenoxy) is 2. The Morgan fingerprint density at radius 1 is 0.853 bits per heavy atom. The van der Waals surface area contributed by atoms with E-state index in [0.717, 1.165) is 10.5 Å². The molecule has 0 spiro atoms. The van der Waals surface area contributed by atoms with Crippen molar-refractivity contribution in [3.63, 3.8) is 0 Å². The Balaban J connectivity index is 1.46. The Hall–Kier alpha value is -3.98. The van der Waals surface area contributed by atoms with Gasteiger partial charge in [-0.3, -0.25) is 14.4 Å². The molecule has 3 N–H and O–H groups in total. The maximum atomic E-state index is 13.2. The van der Waals surface area contributed by atoms with E-state index in [2.05, 4.69) is 10.6 Å². The van der Waals surface area contributed by atoms with Crippen LogP contribution in [0.1, 0.15) is 23.7 Å². The van der Waals surface area contributed by atoms with Crippen LogP contribution in [0.3, 0.4) is 0 Å². The third-order valence-corrected chi connectivity index (χ3v) is 6.20. The lowest BCUT2D eigenvalue weighted by atomic mass is 10.1. The summed E-state index contributed by atoms with van der Waals surface area (Å²) < 4.78 is 10.7. The maximum Gasteiger partial charge on any atom is 0.303 e. The molecule has 3 aromatic rings. The predicted octanol–water partition coefficient (Wildman–Crippen LogP) is 4.69. The number of thioether (sulfide) groups is 1. The Bertz CT molecular complexity index is 1180. The summed E-state index contributed by atoms with van der Waals surface area (Å²) in [6.45, 7) is 0.158. The summed E-state index contributed by atoms with van der Waals surface area (Å²) in [5, 5.41) is 13.8. The second-order valence-corrected chi connectivity index (χ2v) is 8.61. The molecule has 0 fully saturated rings. The van der Waals surface area contributed by atoms with Gasteiger partial charge in [0.15, 0.2) is 11.5 Å². The Kier molecular flexibility index (Phi) is 7.34. The lowest BCUT2D eigenvalue weighted by molar-refractivity contribution is -0.138. The second kappa shape index (κ2) is 10.8. The SMILES string of the molecule is O=C(O)CCC(=O)Nc1ccc(SC(C(=O)Nc2ccc3c(c2)OCO3)c2ccccc2)cc1. The minimum absolute atomic E-state index is 0.0953. The normalized spacial score (nSPS) is 12.6. The van der Waals surface area contributed by atoms with Gasteiger partial charge in [0.05, 0.1) is 6.42 Å². The van der Waals surface area contributed by atoms with Crippen molar-refractivity contribution in [2.45, 2.75) is 23.0 Å². The largest absolute Gasteiger partial charge is 0.481 e. The molecule has 174 valence electrons. The highest BCUT2D eigenvalue weighted by atomic mass is 32.2. The van der Waals surface area contributed by atoms with Gasteiger partial charge in [-0.25, -0.2) is 0 Å². The van der Waals surface area contributed by atoms with Crippen LogP contribution in [0.15, 0.2) is 77.7 Å². The number of amides is 2. The first-order chi connectivity index (χ1) is 16.5. The van der Waals surface area contributed by atoms with Crippen molar-refractivity contribution >= 4 is 40.9 Å². The summed E-state index contributed by atoms with van der Waals surface area (Å²) in [4.78, 5) is 36.5. The van der Waals surface area contributed by atoms with E-state index in [1.807, 2.05) is 30.3 Å². The molecule has 0 saturated heterocycles. The third kappa shape index (κ3) is 6.08. The van der Waals surface area contributed by atoms with Gasteiger partial charge in [0.1, 0.15) is 5.25 Å². The first kappa shape index (κ1) is 23.2. The van der Waals surface area contributed by atoms with Crippen molar-refractivity contribution in [3.05, 3.63) is 78.4 Å².